The summed E-state index contributed by atoms with van der Waals surface area (Å²) < 4.78 is 16.7. The number of nitrogens with zero attached hydrogens (tertiary/aromatic N) is 2. The topological polar surface area (TPSA) is 60.4 Å². The first-order valence-electron chi connectivity index (χ1n) is 12.1. The Morgan fingerprint density at radius 2 is 1.65 bits per heavy atom. The van der Waals surface area contributed by atoms with E-state index < -0.39 is 6.04 Å². The van der Waals surface area contributed by atoms with Crippen molar-refractivity contribution >= 4 is 28.6 Å². The lowest BCUT2D eigenvalue weighted by Gasteiger charge is -2.37. The number of carbonyl (C=O) groups is 1. The van der Waals surface area contributed by atoms with E-state index in [9.17, 15) is 4.79 Å². The lowest BCUT2D eigenvalue weighted by Crippen LogP contribution is -2.36. The van der Waals surface area contributed by atoms with Gasteiger partial charge in [0, 0.05) is 17.0 Å². The number of carbonyl (C=O) groups excluding carboxylic acids is 1. The number of esters is 1. The van der Waals surface area contributed by atoms with Crippen molar-refractivity contribution in [1.82, 2.24) is 4.90 Å². The number of thioether (sulfide) groups is 1. The molecule has 2 aliphatic heterocycles. The van der Waals surface area contributed by atoms with E-state index in [0.29, 0.717) is 22.8 Å². The predicted molar refractivity (Wildman–Crippen MR) is 148 cm³/mol. The molecule has 37 heavy (non-hydrogen) atoms. The predicted octanol–water partition coefficient (Wildman–Crippen LogP) is 6.67. The van der Waals surface area contributed by atoms with Gasteiger partial charge in [0.1, 0.15) is 11.5 Å². The van der Waals surface area contributed by atoms with Gasteiger partial charge in [0.05, 0.1) is 43.8 Å². The quantitative estimate of drug-likeness (QED) is 0.330. The number of methoxy groups -OCH3 is 2. The Morgan fingerprint density at radius 3 is 2.32 bits per heavy atom. The van der Waals surface area contributed by atoms with E-state index in [0.717, 1.165) is 33.1 Å². The van der Waals surface area contributed by atoms with Crippen LogP contribution in [0.4, 0.5) is 0 Å². The van der Waals surface area contributed by atoms with Gasteiger partial charge in [-0.05, 0) is 42.7 Å². The van der Waals surface area contributed by atoms with Gasteiger partial charge in [-0.2, -0.15) is 0 Å². The van der Waals surface area contributed by atoms with Crippen LogP contribution in [0.25, 0.3) is 16.8 Å². The van der Waals surface area contributed by atoms with Gasteiger partial charge in [0.15, 0.2) is 5.17 Å². The van der Waals surface area contributed by atoms with Gasteiger partial charge in [-0.25, -0.2) is 9.79 Å². The van der Waals surface area contributed by atoms with Crippen LogP contribution in [-0.2, 0) is 9.53 Å². The molecule has 2 aliphatic rings. The number of rotatable bonds is 7. The van der Waals surface area contributed by atoms with Crippen LogP contribution in [0.3, 0.4) is 0 Å². The first-order valence-corrected chi connectivity index (χ1v) is 12.9. The maximum Gasteiger partial charge on any atom is 0.338 e. The molecule has 0 fully saturated rings. The second-order valence-corrected chi connectivity index (χ2v) is 9.40. The van der Waals surface area contributed by atoms with Crippen molar-refractivity contribution in [3.05, 3.63) is 101 Å². The SMILES string of the molecule is CCOC(=O)C1=C(C)N=C2SC=C(c3ccc(-c4ccccc4)cc3)N2[C@@H]1c1ccc(OC)cc1OC. The van der Waals surface area contributed by atoms with Gasteiger partial charge in [0.2, 0.25) is 0 Å². The lowest BCUT2D eigenvalue weighted by atomic mass is 9.92. The third kappa shape index (κ3) is 4.62. The van der Waals surface area contributed by atoms with Crippen LogP contribution in [0.5, 0.6) is 11.5 Å². The molecule has 0 aliphatic carbocycles. The van der Waals surface area contributed by atoms with Crippen molar-refractivity contribution in [3.63, 3.8) is 0 Å². The summed E-state index contributed by atoms with van der Waals surface area (Å²) in [5, 5.41) is 2.89. The zero-order chi connectivity index (χ0) is 25.9. The normalized spacial score (nSPS) is 16.6. The summed E-state index contributed by atoms with van der Waals surface area (Å²) in [6.07, 6.45) is 0. The Labute approximate surface area is 221 Å². The fraction of sp³-hybridized carbons (Fsp3) is 0.200. The molecule has 0 aromatic heterocycles. The molecule has 6 nitrogen and oxygen atoms in total. The van der Waals surface area contributed by atoms with E-state index in [1.807, 2.05) is 43.3 Å². The van der Waals surface area contributed by atoms with Gasteiger partial charge >= 0.3 is 5.97 Å². The van der Waals surface area contributed by atoms with Crippen LogP contribution >= 0.6 is 11.8 Å². The molecule has 0 bridgehead atoms. The minimum atomic E-state index is -0.484. The van der Waals surface area contributed by atoms with Crippen molar-refractivity contribution in [1.29, 1.82) is 0 Å². The standard InChI is InChI=1S/C30H28N2O4S/c1-5-36-29(33)27-19(2)31-30-32(28(27)24-16-15-23(34-3)17-26(24)35-4)25(18-37-30)22-13-11-21(12-14-22)20-9-7-6-8-10-20/h6-18,28H,5H2,1-4H3/t28-/m1/s1. The minimum absolute atomic E-state index is 0.275. The minimum Gasteiger partial charge on any atom is -0.497 e. The molecule has 0 saturated heterocycles. The Balaban J connectivity index is 1.61. The first kappa shape index (κ1) is 24.7. The maximum absolute atomic E-state index is 13.3. The fourth-order valence-electron chi connectivity index (χ4n) is 4.66. The van der Waals surface area contributed by atoms with E-state index in [1.54, 1.807) is 32.9 Å². The van der Waals surface area contributed by atoms with Crippen molar-refractivity contribution in [3.8, 4) is 22.6 Å². The summed E-state index contributed by atoms with van der Waals surface area (Å²) in [7, 11) is 3.24. The van der Waals surface area contributed by atoms with Gasteiger partial charge in [-0.15, -0.1) is 0 Å². The first-order chi connectivity index (χ1) is 18.0. The van der Waals surface area contributed by atoms with Gasteiger partial charge in [-0.3, -0.25) is 0 Å². The maximum atomic E-state index is 13.3. The Bertz CT molecular complexity index is 1410. The largest absolute Gasteiger partial charge is 0.497 e. The molecule has 5 rings (SSSR count). The molecule has 3 aromatic carbocycles. The van der Waals surface area contributed by atoms with E-state index in [-0.39, 0.29) is 12.6 Å². The van der Waals surface area contributed by atoms with Crippen LogP contribution < -0.4 is 9.47 Å². The van der Waals surface area contributed by atoms with E-state index in [1.165, 1.54) is 0 Å². The van der Waals surface area contributed by atoms with E-state index in [4.69, 9.17) is 19.2 Å². The Kier molecular flexibility index (Phi) is 7.06. The highest BCUT2D eigenvalue weighted by Crippen LogP contribution is 2.49. The number of fused-ring (bicyclic) bond motifs is 1. The van der Waals surface area contributed by atoms with Crippen LogP contribution in [0.2, 0.25) is 0 Å². The molecule has 2 heterocycles. The Hall–Kier alpha value is -3.97. The van der Waals surface area contributed by atoms with Crippen LogP contribution in [0.1, 0.15) is 31.0 Å². The summed E-state index contributed by atoms with van der Waals surface area (Å²) in [4.78, 5) is 20.2. The van der Waals surface area contributed by atoms with Crippen LogP contribution in [0, 0.1) is 0 Å². The number of allylic oxidation sites excluding steroid dienone is 1. The summed E-state index contributed by atoms with van der Waals surface area (Å²) in [5.74, 6) is 0.906. The third-order valence-corrected chi connectivity index (χ3v) is 7.28. The number of hydrogen-bond donors (Lipinski definition) is 0. The average Bonchev–Trinajstić information content (AvgIpc) is 3.36. The summed E-state index contributed by atoms with van der Waals surface area (Å²) >= 11 is 1.54. The lowest BCUT2D eigenvalue weighted by molar-refractivity contribution is -0.139. The number of amidine groups is 1. The van der Waals surface area contributed by atoms with E-state index >= 15 is 0 Å². The molecule has 7 heteroatoms. The molecule has 188 valence electrons. The molecule has 1 atom stereocenters. The average molecular weight is 513 g/mol. The second kappa shape index (κ2) is 10.6. The van der Waals surface area contributed by atoms with Gasteiger partial charge in [-0.1, -0.05) is 66.4 Å². The number of ether oxygens (including phenoxy) is 3. The van der Waals surface area contributed by atoms with E-state index in [2.05, 4.69) is 46.7 Å². The smallest absolute Gasteiger partial charge is 0.338 e. The zero-order valence-electron chi connectivity index (χ0n) is 21.2. The highest BCUT2D eigenvalue weighted by Gasteiger charge is 2.42. The molecule has 0 unspecified atom stereocenters. The van der Waals surface area contributed by atoms with Crippen molar-refractivity contribution in [2.24, 2.45) is 4.99 Å². The molecule has 3 aromatic rings. The molecule has 0 amide bonds. The van der Waals surface area contributed by atoms with Crippen molar-refractivity contribution in [2.75, 3.05) is 20.8 Å². The van der Waals surface area contributed by atoms with Gasteiger partial charge < -0.3 is 19.1 Å². The summed E-state index contributed by atoms with van der Waals surface area (Å²) in [5.41, 5.74) is 6.23. The van der Waals surface area contributed by atoms with Crippen molar-refractivity contribution in [2.45, 2.75) is 19.9 Å². The zero-order valence-corrected chi connectivity index (χ0v) is 22.0. The highest BCUT2D eigenvalue weighted by molar-refractivity contribution is 8.16. The molecule has 0 radical (unpaired) electrons. The Morgan fingerprint density at radius 1 is 0.946 bits per heavy atom. The number of hydrogen-bond acceptors (Lipinski definition) is 7. The summed E-state index contributed by atoms with van der Waals surface area (Å²) in [6.45, 7) is 3.93. The van der Waals surface area contributed by atoms with Crippen LogP contribution in [-0.4, -0.2) is 36.9 Å². The monoisotopic (exact) mass is 512 g/mol. The molecule has 0 saturated carbocycles. The second-order valence-electron chi connectivity index (χ2n) is 8.56. The van der Waals surface area contributed by atoms with Crippen LogP contribution in [0.15, 0.2) is 94.5 Å². The molecule has 0 spiro atoms. The highest BCUT2D eigenvalue weighted by atomic mass is 32.2. The van der Waals surface area contributed by atoms with Crippen molar-refractivity contribution < 1.29 is 19.0 Å². The summed E-state index contributed by atoms with van der Waals surface area (Å²) in [6, 6.07) is 23.9. The number of benzene rings is 3. The molecule has 0 N–H and O–H groups in total. The third-order valence-electron chi connectivity index (χ3n) is 6.44. The fourth-order valence-corrected chi connectivity index (χ4v) is 5.64. The number of aliphatic imine (C=N–C) groups is 1. The molecular formula is C30H28N2O4S. The van der Waals surface area contributed by atoms with Gasteiger partial charge in [0.25, 0.3) is 0 Å². The molecular weight excluding hydrogens is 484 g/mol.